The van der Waals surface area contributed by atoms with Crippen molar-refractivity contribution in [3.05, 3.63) is 52.5 Å². The van der Waals surface area contributed by atoms with E-state index in [9.17, 15) is 0 Å². The lowest BCUT2D eigenvalue weighted by atomic mass is 10.2. The molecule has 0 spiro atoms. The van der Waals surface area contributed by atoms with Crippen LogP contribution in [0.5, 0.6) is 5.75 Å². The van der Waals surface area contributed by atoms with Crippen LogP contribution in [0.2, 0.25) is 0 Å². The van der Waals surface area contributed by atoms with Gasteiger partial charge in [0, 0.05) is 22.7 Å². The Morgan fingerprint density at radius 2 is 2.00 bits per heavy atom. The first kappa shape index (κ1) is 12.3. The van der Waals surface area contributed by atoms with Crippen LogP contribution in [0.3, 0.4) is 0 Å². The monoisotopic (exact) mass is 312 g/mol. The van der Waals surface area contributed by atoms with Gasteiger partial charge in [-0.15, -0.1) is 11.6 Å². The third-order valence-electron chi connectivity index (χ3n) is 2.15. The van der Waals surface area contributed by atoms with E-state index in [0.717, 1.165) is 15.8 Å². The first-order chi connectivity index (χ1) is 8.29. The van der Waals surface area contributed by atoms with Gasteiger partial charge in [0.05, 0.1) is 0 Å². The van der Waals surface area contributed by atoms with E-state index in [1.165, 1.54) is 0 Å². The van der Waals surface area contributed by atoms with Crippen molar-refractivity contribution in [3.8, 4) is 5.75 Å². The standard InChI is InChI=1S/C12H10BrClN2O/c13-11-3-2-10(6-9(11)7-14)17-8-12-15-4-1-5-16-12/h1-6H,7-8H2. The van der Waals surface area contributed by atoms with Crippen LogP contribution < -0.4 is 4.74 Å². The molecule has 0 saturated carbocycles. The lowest BCUT2D eigenvalue weighted by Gasteiger charge is -2.07. The van der Waals surface area contributed by atoms with Gasteiger partial charge in [0.1, 0.15) is 12.4 Å². The van der Waals surface area contributed by atoms with Gasteiger partial charge in [-0.3, -0.25) is 0 Å². The van der Waals surface area contributed by atoms with Gasteiger partial charge in [0.2, 0.25) is 0 Å². The van der Waals surface area contributed by atoms with Crippen molar-refractivity contribution >= 4 is 27.5 Å². The van der Waals surface area contributed by atoms with Crippen molar-refractivity contribution in [3.63, 3.8) is 0 Å². The molecule has 0 aliphatic carbocycles. The van der Waals surface area contributed by atoms with E-state index in [1.807, 2.05) is 18.2 Å². The molecule has 0 amide bonds. The number of rotatable bonds is 4. The van der Waals surface area contributed by atoms with Crippen molar-refractivity contribution in [2.75, 3.05) is 0 Å². The fourth-order valence-corrected chi connectivity index (χ4v) is 2.07. The highest BCUT2D eigenvalue weighted by atomic mass is 79.9. The van der Waals surface area contributed by atoms with Crippen LogP contribution in [-0.4, -0.2) is 9.97 Å². The molecule has 0 atom stereocenters. The van der Waals surface area contributed by atoms with Crippen LogP contribution in [0.4, 0.5) is 0 Å². The van der Waals surface area contributed by atoms with Gasteiger partial charge in [0.15, 0.2) is 5.82 Å². The minimum atomic E-state index is 0.351. The zero-order chi connectivity index (χ0) is 12.1. The average molecular weight is 314 g/mol. The smallest absolute Gasteiger partial charge is 0.166 e. The van der Waals surface area contributed by atoms with Gasteiger partial charge in [-0.25, -0.2) is 9.97 Å². The summed E-state index contributed by atoms with van der Waals surface area (Å²) in [5.41, 5.74) is 0.998. The molecule has 2 rings (SSSR count). The number of halogens is 2. The third kappa shape index (κ3) is 3.41. The highest BCUT2D eigenvalue weighted by Crippen LogP contribution is 2.24. The number of benzene rings is 1. The number of ether oxygens (including phenoxy) is 1. The first-order valence-corrected chi connectivity index (χ1v) is 6.35. The predicted octanol–water partition coefficient (Wildman–Crippen LogP) is 3.56. The summed E-state index contributed by atoms with van der Waals surface area (Å²) in [5.74, 6) is 1.86. The largest absolute Gasteiger partial charge is 0.486 e. The molecule has 0 radical (unpaired) electrons. The summed E-state index contributed by atoms with van der Waals surface area (Å²) in [6.07, 6.45) is 3.38. The maximum atomic E-state index is 5.81. The van der Waals surface area contributed by atoms with Crippen molar-refractivity contribution in [2.24, 2.45) is 0 Å². The number of nitrogens with zero attached hydrogens (tertiary/aromatic N) is 2. The molecular weight excluding hydrogens is 304 g/mol. The fraction of sp³-hybridized carbons (Fsp3) is 0.167. The van der Waals surface area contributed by atoms with Crippen LogP contribution in [0, 0.1) is 0 Å². The Bertz CT molecular complexity index is 493. The Hall–Kier alpha value is -1.13. The number of aromatic nitrogens is 2. The topological polar surface area (TPSA) is 35.0 Å². The Morgan fingerprint density at radius 1 is 1.24 bits per heavy atom. The van der Waals surface area contributed by atoms with E-state index in [1.54, 1.807) is 18.5 Å². The molecule has 1 aromatic carbocycles. The van der Waals surface area contributed by atoms with Crippen molar-refractivity contribution < 1.29 is 4.74 Å². The van der Waals surface area contributed by atoms with Crippen molar-refractivity contribution in [1.29, 1.82) is 0 Å². The Morgan fingerprint density at radius 3 is 2.71 bits per heavy atom. The molecule has 0 N–H and O–H groups in total. The number of hydrogen-bond acceptors (Lipinski definition) is 3. The van der Waals surface area contributed by atoms with E-state index in [0.29, 0.717) is 18.3 Å². The molecule has 0 saturated heterocycles. The molecule has 88 valence electrons. The summed E-state index contributed by atoms with van der Waals surface area (Å²) in [7, 11) is 0. The lowest BCUT2D eigenvalue weighted by molar-refractivity contribution is 0.295. The molecule has 0 bridgehead atoms. The molecule has 5 heteroatoms. The van der Waals surface area contributed by atoms with Crippen LogP contribution in [0.1, 0.15) is 11.4 Å². The Kier molecular flexibility index (Phi) is 4.34. The molecular formula is C12H10BrClN2O. The van der Waals surface area contributed by atoms with E-state index < -0.39 is 0 Å². The lowest BCUT2D eigenvalue weighted by Crippen LogP contribution is -2.00. The molecule has 0 aliphatic rings. The van der Waals surface area contributed by atoms with Gasteiger partial charge >= 0.3 is 0 Å². The van der Waals surface area contributed by atoms with Gasteiger partial charge in [-0.2, -0.15) is 0 Å². The first-order valence-electron chi connectivity index (χ1n) is 5.02. The summed E-state index contributed by atoms with van der Waals surface area (Å²) in [5, 5.41) is 0. The number of hydrogen-bond donors (Lipinski definition) is 0. The number of alkyl halides is 1. The molecule has 0 fully saturated rings. The summed E-state index contributed by atoms with van der Waals surface area (Å²) in [4.78, 5) is 8.17. The SMILES string of the molecule is ClCc1cc(OCc2ncccn2)ccc1Br. The van der Waals surface area contributed by atoms with Crippen LogP contribution in [-0.2, 0) is 12.5 Å². The van der Waals surface area contributed by atoms with Crippen LogP contribution in [0.15, 0.2) is 41.1 Å². The third-order valence-corrected chi connectivity index (χ3v) is 3.21. The van der Waals surface area contributed by atoms with Gasteiger partial charge in [0.25, 0.3) is 0 Å². The summed E-state index contributed by atoms with van der Waals surface area (Å²) < 4.78 is 6.57. The zero-order valence-electron chi connectivity index (χ0n) is 8.94. The fourth-order valence-electron chi connectivity index (χ4n) is 1.30. The van der Waals surface area contributed by atoms with Gasteiger partial charge in [-0.1, -0.05) is 15.9 Å². The van der Waals surface area contributed by atoms with Crippen LogP contribution in [0.25, 0.3) is 0 Å². The van der Waals surface area contributed by atoms with Gasteiger partial charge < -0.3 is 4.74 Å². The highest BCUT2D eigenvalue weighted by molar-refractivity contribution is 9.10. The molecule has 1 aromatic heterocycles. The summed E-state index contributed by atoms with van der Waals surface area (Å²) >= 11 is 9.23. The Balaban J connectivity index is 2.04. The van der Waals surface area contributed by atoms with Gasteiger partial charge in [-0.05, 0) is 29.8 Å². The minimum Gasteiger partial charge on any atom is -0.486 e. The van der Waals surface area contributed by atoms with Crippen molar-refractivity contribution in [2.45, 2.75) is 12.5 Å². The second kappa shape index (κ2) is 5.98. The quantitative estimate of drug-likeness (QED) is 0.810. The van der Waals surface area contributed by atoms with Crippen LogP contribution >= 0.6 is 27.5 Å². The van der Waals surface area contributed by atoms with E-state index in [4.69, 9.17) is 16.3 Å². The molecule has 17 heavy (non-hydrogen) atoms. The second-order valence-electron chi connectivity index (χ2n) is 3.34. The normalized spacial score (nSPS) is 10.2. The van der Waals surface area contributed by atoms with E-state index >= 15 is 0 Å². The maximum absolute atomic E-state index is 5.81. The molecule has 1 heterocycles. The van der Waals surface area contributed by atoms with Crippen molar-refractivity contribution in [1.82, 2.24) is 9.97 Å². The summed E-state index contributed by atoms with van der Waals surface area (Å²) in [6.45, 7) is 0.351. The predicted molar refractivity (Wildman–Crippen MR) is 70.1 cm³/mol. The second-order valence-corrected chi connectivity index (χ2v) is 4.46. The van der Waals surface area contributed by atoms with E-state index in [-0.39, 0.29) is 0 Å². The van der Waals surface area contributed by atoms with E-state index in [2.05, 4.69) is 25.9 Å². The highest BCUT2D eigenvalue weighted by Gasteiger charge is 2.02. The Labute approximate surface area is 113 Å². The summed E-state index contributed by atoms with van der Waals surface area (Å²) in [6, 6.07) is 7.47. The zero-order valence-corrected chi connectivity index (χ0v) is 11.3. The molecule has 0 aliphatic heterocycles. The molecule has 3 nitrogen and oxygen atoms in total. The average Bonchev–Trinajstić information content (AvgIpc) is 2.39. The maximum Gasteiger partial charge on any atom is 0.166 e. The minimum absolute atomic E-state index is 0.351. The molecule has 0 unspecified atom stereocenters. The molecule has 2 aromatic rings.